The molecule has 0 radical (unpaired) electrons. The predicted molar refractivity (Wildman–Crippen MR) is 107 cm³/mol. The minimum absolute atomic E-state index is 0.0119. The highest BCUT2D eigenvalue weighted by atomic mass is 16.5. The number of methoxy groups -OCH3 is 2. The lowest BCUT2D eigenvalue weighted by atomic mass is 10.1. The molecule has 30 heavy (non-hydrogen) atoms. The van der Waals surface area contributed by atoms with Crippen molar-refractivity contribution in [2.24, 2.45) is 5.10 Å². The minimum Gasteiger partial charge on any atom is -0.493 e. The second-order valence-electron chi connectivity index (χ2n) is 6.11. The van der Waals surface area contributed by atoms with Crippen molar-refractivity contribution in [1.82, 2.24) is 24.9 Å². The summed E-state index contributed by atoms with van der Waals surface area (Å²) in [5.74, 6) is -0.652. The van der Waals surface area contributed by atoms with Crippen LogP contribution in [0.1, 0.15) is 16.1 Å². The third-order valence-electron chi connectivity index (χ3n) is 3.98. The van der Waals surface area contributed by atoms with Gasteiger partial charge in [0.25, 0.3) is 5.91 Å². The Balaban J connectivity index is 1.85. The Morgan fingerprint density at radius 1 is 1.30 bits per heavy atom. The van der Waals surface area contributed by atoms with Gasteiger partial charge in [-0.15, -0.1) is 0 Å². The third-order valence-corrected chi connectivity index (χ3v) is 3.98. The van der Waals surface area contributed by atoms with Gasteiger partial charge in [-0.25, -0.2) is 4.79 Å². The number of nitrogens with one attached hydrogen (secondary N) is 2. The van der Waals surface area contributed by atoms with Crippen LogP contribution in [0.3, 0.4) is 0 Å². The van der Waals surface area contributed by atoms with E-state index in [0.717, 1.165) is 16.4 Å². The summed E-state index contributed by atoms with van der Waals surface area (Å²) in [7, 11) is 2.80. The molecule has 11 nitrogen and oxygen atoms in total. The first-order valence-corrected chi connectivity index (χ1v) is 8.85. The maximum atomic E-state index is 12.8. The van der Waals surface area contributed by atoms with Gasteiger partial charge >= 0.3 is 11.7 Å². The van der Waals surface area contributed by atoms with Crippen LogP contribution in [0.25, 0.3) is 0 Å². The quantitative estimate of drug-likeness (QED) is 0.459. The zero-order valence-corrected chi connectivity index (χ0v) is 16.3. The maximum absolute atomic E-state index is 12.8. The molecular formula is C19H20N6O5. The highest BCUT2D eigenvalue weighted by molar-refractivity contribution is 5.94. The van der Waals surface area contributed by atoms with E-state index in [1.165, 1.54) is 26.5 Å². The Morgan fingerprint density at radius 2 is 2.07 bits per heavy atom. The van der Waals surface area contributed by atoms with Crippen molar-refractivity contribution >= 4 is 12.1 Å². The van der Waals surface area contributed by atoms with E-state index < -0.39 is 17.6 Å². The van der Waals surface area contributed by atoms with Gasteiger partial charge in [0.2, 0.25) is 11.8 Å². The molecule has 3 rings (SSSR count). The topological polar surface area (TPSA) is 144 Å². The van der Waals surface area contributed by atoms with Crippen LogP contribution < -0.4 is 20.5 Å². The van der Waals surface area contributed by atoms with Gasteiger partial charge in [-0.3, -0.25) is 9.78 Å². The molecule has 2 heterocycles. The molecule has 1 unspecified atom stereocenters. The average molecular weight is 412 g/mol. The fourth-order valence-electron chi connectivity index (χ4n) is 2.58. The Kier molecular flexibility index (Phi) is 6.42. The summed E-state index contributed by atoms with van der Waals surface area (Å²) >= 11 is 0. The molecule has 0 bridgehead atoms. The smallest absolute Gasteiger partial charge is 0.349 e. The molecule has 0 saturated heterocycles. The van der Waals surface area contributed by atoms with Crippen molar-refractivity contribution in [1.29, 1.82) is 0 Å². The number of H-pyrrole nitrogens is 1. The van der Waals surface area contributed by atoms with Crippen LogP contribution >= 0.6 is 0 Å². The second kappa shape index (κ2) is 9.37. The minimum atomic E-state index is -0.612. The lowest BCUT2D eigenvalue weighted by molar-refractivity contribution is 0.0940. The highest BCUT2D eigenvalue weighted by Crippen LogP contribution is 2.13. The number of hydrogen-bond donors (Lipinski definition) is 3. The monoisotopic (exact) mass is 412 g/mol. The van der Waals surface area contributed by atoms with Gasteiger partial charge in [0.1, 0.15) is 5.69 Å². The van der Waals surface area contributed by atoms with Crippen LogP contribution in [0.2, 0.25) is 0 Å². The molecular weight excluding hydrogens is 392 g/mol. The van der Waals surface area contributed by atoms with E-state index in [9.17, 15) is 14.7 Å². The van der Waals surface area contributed by atoms with Crippen molar-refractivity contribution in [3.05, 3.63) is 64.3 Å². The van der Waals surface area contributed by atoms with E-state index in [4.69, 9.17) is 9.47 Å². The summed E-state index contributed by atoms with van der Waals surface area (Å²) in [5, 5.41) is 16.2. The van der Waals surface area contributed by atoms with E-state index in [0.29, 0.717) is 6.42 Å². The van der Waals surface area contributed by atoms with E-state index in [1.807, 2.05) is 30.3 Å². The number of amides is 1. The summed E-state index contributed by atoms with van der Waals surface area (Å²) in [6.45, 7) is 0. The van der Waals surface area contributed by atoms with E-state index in [-0.39, 0.29) is 23.5 Å². The zero-order chi connectivity index (χ0) is 21.5. The maximum Gasteiger partial charge on any atom is 0.349 e. The number of imidazole rings is 1. The van der Waals surface area contributed by atoms with E-state index >= 15 is 0 Å². The van der Waals surface area contributed by atoms with Gasteiger partial charge in [0.05, 0.1) is 26.5 Å². The average Bonchev–Trinajstić information content (AvgIpc) is 3.09. The van der Waals surface area contributed by atoms with Crippen molar-refractivity contribution in [2.75, 3.05) is 14.2 Å². The number of carbonyl (C=O) groups excluding carboxylic acids is 1. The second-order valence-corrected chi connectivity index (χ2v) is 6.11. The van der Waals surface area contributed by atoms with Gasteiger partial charge < -0.3 is 19.9 Å². The summed E-state index contributed by atoms with van der Waals surface area (Å²) in [6, 6.07) is 10.2. The summed E-state index contributed by atoms with van der Waals surface area (Å²) < 4.78 is 11.0. The Labute approximate surface area is 171 Å². The normalized spacial score (nSPS) is 11.9. The fraction of sp³-hybridized carbons (Fsp3) is 0.211. The molecule has 0 aliphatic carbocycles. The van der Waals surface area contributed by atoms with Crippen molar-refractivity contribution in [2.45, 2.75) is 12.5 Å². The first kappa shape index (κ1) is 20.6. The number of aromatic nitrogens is 4. The van der Waals surface area contributed by atoms with Crippen molar-refractivity contribution < 1.29 is 19.4 Å². The first-order chi connectivity index (χ1) is 14.5. The molecule has 0 saturated carbocycles. The number of ether oxygens (including phenoxy) is 2. The van der Waals surface area contributed by atoms with Gasteiger partial charge in [0, 0.05) is 12.3 Å². The largest absolute Gasteiger partial charge is 0.493 e. The summed E-state index contributed by atoms with van der Waals surface area (Å²) in [4.78, 5) is 34.7. The van der Waals surface area contributed by atoms with Crippen molar-refractivity contribution in [3.8, 4) is 17.8 Å². The molecule has 1 aromatic carbocycles. The van der Waals surface area contributed by atoms with Gasteiger partial charge in [-0.1, -0.05) is 30.3 Å². The number of hydrogen-bond acceptors (Lipinski definition) is 8. The fourth-order valence-corrected chi connectivity index (χ4v) is 2.58. The number of aromatic amines is 1. The number of carbonyl (C=O) groups is 1. The Morgan fingerprint density at radius 3 is 2.70 bits per heavy atom. The standard InChI is InChI=1S/C19H20N6O5/c1-29-16-9-14(22-18(24-16)30-2)17(27)21-13(8-12-6-4-3-5-7-12)10-20-25-11-15(26)23-19(25)28/h3-7,9-11,13,26H,8H2,1-2H3,(H,21,27)(H,23,28). The third kappa shape index (κ3) is 5.22. The highest BCUT2D eigenvalue weighted by Gasteiger charge is 2.17. The van der Waals surface area contributed by atoms with Gasteiger partial charge in [-0.2, -0.15) is 19.7 Å². The van der Waals surface area contributed by atoms with E-state index in [2.05, 4.69) is 25.4 Å². The molecule has 1 amide bonds. The van der Waals surface area contributed by atoms with Crippen LogP contribution in [-0.4, -0.2) is 57.1 Å². The number of aromatic hydroxyl groups is 1. The molecule has 156 valence electrons. The molecule has 0 aliphatic rings. The number of benzene rings is 1. The predicted octanol–water partition coefficient (Wildman–Crippen LogP) is 0.564. The molecule has 3 aromatic rings. The lowest BCUT2D eigenvalue weighted by Gasteiger charge is -2.15. The zero-order valence-electron chi connectivity index (χ0n) is 16.3. The molecule has 11 heteroatoms. The van der Waals surface area contributed by atoms with E-state index in [1.54, 1.807) is 0 Å². The Hall–Kier alpha value is -4.15. The van der Waals surface area contributed by atoms with Crippen LogP contribution in [0, 0.1) is 0 Å². The van der Waals surface area contributed by atoms with Gasteiger partial charge in [-0.05, 0) is 12.0 Å². The molecule has 0 aliphatic heterocycles. The first-order valence-electron chi connectivity index (χ1n) is 8.85. The number of rotatable bonds is 8. The molecule has 0 spiro atoms. The molecule has 2 aromatic heterocycles. The lowest BCUT2D eigenvalue weighted by Crippen LogP contribution is -2.38. The van der Waals surface area contributed by atoms with Gasteiger partial charge in [0.15, 0.2) is 0 Å². The van der Waals surface area contributed by atoms with Crippen LogP contribution in [-0.2, 0) is 6.42 Å². The molecule has 0 fully saturated rings. The Bertz CT molecular complexity index is 1070. The van der Waals surface area contributed by atoms with Crippen molar-refractivity contribution in [3.63, 3.8) is 0 Å². The molecule has 1 atom stereocenters. The number of nitrogens with zero attached hydrogens (tertiary/aromatic N) is 4. The van der Waals surface area contributed by atoms with Crippen LogP contribution in [0.15, 0.2) is 52.5 Å². The SMILES string of the molecule is COc1cc(C(=O)NC(C=Nn2cc(O)[nH]c2=O)Cc2ccccc2)nc(OC)n1. The van der Waals surface area contributed by atoms with Crippen LogP contribution in [0.4, 0.5) is 0 Å². The summed E-state index contributed by atoms with van der Waals surface area (Å²) in [6.07, 6.45) is 2.93. The molecule has 3 N–H and O–H groups in total. The summed E-state index contributed by atoms with van der Waals surface area (Å²) in [5.41, 5.74) is 0.372. The van der Waals surface area contributed by atoms with Crippen LogP contribution in [0.5, 0.6) is 17.8 Å².